The number of ketones is 1. The Bertz CT molecular complexity index is 1230. The van der Waals surface area contributed by atoms with E-state index in [-0.39, 0.29) is 16.4 Å². The molecule has 1 amide bonds. The molecule has 0 aliphatic rings. The van der Waals surface area contributed by atoms with E-state index in [1.54, 1.807) is 36.4 Å². The van der Waals surface area contributed by atoms with Gasteiger partial charge in [-0.3, -0.25) is 14.3 Å². The van der Waals surface area contributed by atoms with Crippen molar-refractivity contribution in [1.29, 1.82) is 0 Å². The second kappa shape index (κ2) is 10.1. The number of hydrogen-bond acceptors (Lipinski definition) is 7. The van der Waals surface area contributed by atoms with Crippen LogP contribution in [0.4, 0.5) is 17.2 Å². The SMILES string of the molecule is CC(=O)[C@H](N=Nc1ccc(S(=O)(=O)Nc2ccccn2)cc1)C(=O)Nc1ccc(Cl)cc1. The molecule has 0 aliphatic heterocycles. The van der Waals surface area contributed by atoms with E-state index in [2.05, 4.69) is 25.3 Å². The molecule has 0 fully saturated rings. The number of benzene rings is 2. The molecule has 0 radical (unpaired) electrons. The zero-order valence-corrected chi connectivity index (χ0v) is 18.3. The third-order valence-corrected chi connectivity index (χ3v) is 5.71. The number of carbonyl (C=O) groups excluding carboxylic acids is 2. The van der Waals surface area contributed by atoms with E-state index in [0.29, 0.717) is 10.7 Å². The van der Waals surface area contributed by atoms with Crippen molar-refractivity contribution in [3.63, 3.8) is 0 Å². The normalized spacial score (nSPS) is 12.3. The van der Waals surface area contributed by atoms with Gasteiger partial charge in [-0.1, -0.05) is 17.7 Å². The van der Waals surface area contributed by atoms with Gasteiger partial charge in [0.1, 0.15) is 5.82 Å². The molecule has 2 aromatic carbocycles. The number of Topliss-reactive ketones (excluding diaryl/α,β-unsaturated/α-hetero) is 1. The molecule has 1 atom stereocenters. The Kier molecular flexibility index (Phi) is 7.29. The summed E-state index contributed by atoms with van der Waals surface area (Å²) in [6.07, 6.45) is 1.47. The van der Waals surface area contributed by atoms with Gasteiger partial charge in [0.2, 0.25) is 6.04 Å². The summed E-state index contributed by atoms with van der Waals surface area (Å²) < 4.78 is 27.2. The van der Waals surface area contributed by atoms with Crippen LogP contribution in [-0.2, 0) is 19.6 Å². The van der Waals surface area contributed by atoms with Crippen molar-refractivity contribution in [2.75, 3.05) is 10.0 Å². The smallest absolute Gasteiger partial charge is 0.263 e. The van der Waals surface area contributed by atoms with Crippen LogP contribution in [0, 0.1) is 0 Å². The third-order valence-electron chi connectivity index (χ3n) is 4.08. The summed E-state index contributed by atoms with van der Waals surface area (Å²) in [6.45, 7) is 1.23. The van der Waals surface area contributed by atoms with Gasteiger partial charge >= 0.3 is 0 Å². The number of sulfonamides is 1. The van der Waals surface area contributed by atoms with Crippen molar-refractivity contribution < 1.29 is 18.0 Å². The van der Waals surface area contributed by atoms with E-state index in [4.69, 9.17) is 11.6 Å². The predicted octanol–water partition coefficient (Wildman–Crippen LogP) is 4.22. The number of halogens is 1. The Morgan fingerprint density at radius 2 is 1.69 bits per heavy atom. The standard InChI is InChI=1S/C21H18ClN5O4S/c1-14(28)20(21(29)24-16-7-5-15(22)6-8-16)26-25-17-9-11-18(12-10-17)32(30,31)27-19-4-2-3-13-23-19/h2-13,20H,1H3,(H,23,27)(H,24,29)/t20-/m0/s1. The van der Waals surface area contributed by atoms with Gasteiger partial charge in [-0.15, -0.1) is 0 Å². The monoisotopic (exact) mass is 471 g/mol. The lowest BCUT2D eigenvalue weighted by atomic mass is 10.2. The average molecular weight is 472 g/mol. The summed E-state index contributed by atoms with van der Waals surface area (Å²) >= 11 is 5.81. The van der Waals surface area contributed by atoms with Crippen molar-refractivity contribution in [2.45, 2.75) is 17.9 Å². The molecule has 164 valence electrons. The fraction of sp³-hybridized carbons (Fsp3) is 0.0952. The molecular weight excluding hydrogens is 454 g/mol. The average Bonchev–Trinajstić information content (AvgIpc) is 2.76. The lowest BCUT2D eigenvalue weighted by molar-refractivity contribution is -0.126. The number of pyridine rings is 1. The first-order valence-electron chi connectivity index (χ1n) is 9.26. The Labute approximate surface area is 189 Å². The number of aromatic nitrogens is 1. The zero-order valence-electron chi connectivity index (χ0n) is 16.8. The van der Waals surface area contributed by atoms with Crippen LogP contribution in [-0.4, -0.2) is 31.1 Å². The summed E-state index contributed by atoms with van der Waals surface area (Å²) in [6, 6.07) is 15.3. The first kappa shape index (κ1) is 23.0. The first-order valence-corrected chi connectivity index (χ1v) is 11.1. The van der Waals surface area contributed by atoms with E-state index in [9.17, 15) is 18.0 Å². The molecule has 0 saturated heterocycles. The summed E-state index contributed by atoms with van der Waals surface area (Å²) in [5.74, 6) is -0.964. The fourth-order valence-corrected chi connectivity index (χ4v) is 3.63. The Morgan fingerprint density at radius 1 is 1.00 bits per heavy atom. The molecule has 11 heteroatoms. The quantitative estimate of drug-likeness (QED) is 0.375. The fourth-order valence-electron chi connectivity index (χ4n) is 2.50. The van der Waals surface area contributed by atoms with Gasteiger partial charge in [0, 0.05) is 16.9 Å². The van der Waals surface area contributed by atoms with Crippen LogP contribution >= 0.6 is 11.6 Å². The highest BCUT2D eigenvalue weighted by Crippen LogP contribution is 2.20. The summed E-state index contributed by atoms with van der Waals surface area (Å²) in [5, 5.41) is 10.8. The molecule has 32 heavy (non-hydrogen) atoms. The minimum Gasteiger partial charge on any atom is -0.324 e. The molecule has 1 heterocycles. The number of carbonyl (C=O) groups is 2. The number of hydrogen-bond donors (Lipinski definition) is 2. The van der Waals surface area contributed by atoms with E-state index in [1.807, 2.05) is 0 Å². The molecule has 0 bridgehead atoms. The molecule has 3 aromatic rings. The number of nitrogens with one attached hydrogen (secondary N) is 2. The van der Waals surface area contributed by atoms with E-state index < -0.39 is 27.8 Å². The van der Waals surface area contributed by atoms with Crippen LogP contribution in [0.15, 0.2) is 88.1 Å². The highest BCUT2D eigenvalue weighted by molar-refractivity contribution is 7.92. The van der Waals surface area contributed by atoms with E-state index in [0.717, 1.165) is 0 Å². The van der Waals surface area contributed by atoms with Crippen LogP contribution < -0.4 is 10.0 Å². The van der Waals surface area contributed by atoms with Crippen molar-refractivity contribution in [1.82, 2.24) is 4.98 Å². The molecule has 1 aromatic heterocycles. The molecule has 3 rings (SSSR count). The van der Waals surface area contributed by atoms with Crippen LogP contribution in [0.1, 0.15) is 6.92 Å². The van der Waals surface area contributed by atoms with Gasteiger partial charge in [-0.05, 0) is 67.6 Å². The highest BCUT2D eigenvalue weighted by Gasteiger charge is 2.23. The second-order valence-corrected chi connectivity index (χ2v) is 8.66. The van der Waals surface area contributed by atoms with Crippen molar-refractivity contribution in [3.05, 3.63) is 77.9 Å². The topological polar surface area (TPSA) is 130 Å². The maximum absolute atomic E-state index is 12.4. The Hall–Kier alpha value is -3.63. The lowest BCUT2D eigenvalue weighted by Crippen LogP contribution is -2.31. The molecule has 2 N–H and O–H groups in total. The minimum atomic E-state index is -3.84. The van der Waals surface area contributed by atoms with Gasteiger partial charge in [-0.2, -0.15) is 10.2 Å². The Balaban J connectivity index is 1.70. The van der Waals surface area contributed by atoms with Gasteiger partial charge in [0.25, 0.3) is 15.9 Å². The van der Waals surface area contributed by atoms with Crippen LogP contribution in [0.25, 0.3) is 0 Å². The van der Waals surface area contributed by atoms with Crippen molar-refractivity contribution in [2.24, 2.45) is 10.2 Å². The van der Waals surface area contributed by atoms with E-state index >= 15 is 0 Å². The number of amides is 1. The minimum absolute atomic E-state index is 0.00861. The zero-order chi connectivity index (χ0) is 23.1. The van der Waals surface area contributed by atoms with Gasteiger partial charge in [0.15, 0.2) is 5.78 Å². The number of anilines is 2. The molecule has 9 nitrogen and oxygen atoms in total. The van der Waals surface area contributed by atoms with Crippen molar-refractivity contribution in [3.8, 4) is 0 Å². The predicted molar refractivity (Wildman–Crippen MR) is 121 cm³/mol. The molecule has 0 saturated carbocycles. The van der Waals surface area contributed by atoms with Crippen LogP contribution in [0.5, 0.6) is 0 Å². The molecule has 0 unspecified atom stereocenters. The number of nitrogens with zero attached hydrogens (tertiary/aromatic N) is 3. The number of azo groups is 1. The van der Waals surface area contributed by atoms with Crippen molar-refractivity contribution >= 4 is 50.5 Å². The van der Waals surface area contributed by atoms with Crippen LogP contribution in [0.3, 0.4) is 0 Å². The summed E-state index contributed by atoms with van der Waals surface area (Å²) in [7, 11) is -3.84. The third kappa shape index (κ3) is 6.19. The van der Waals surface area contributed by atoms with Gasteiger partial charge in [0.05, 0.1) is 10.6 Å². The largest absolute Gasteiger partial charge is 0.324 e. The molecule has 0 aliphatic carbocycles. The lowest BCUT2D eigenvalue weighted by Gasteiger charge is -2.09. The van der Waals surface area contributed by atoms with Gasteiger partial charge < -0.3 is 5.32 Å². The number of rotatable bonds is 8. The Morgan fingerprint density at radius 3 is 2.28 bits per heavy atom. The van der Waals surface area contributed by atoms with Gasteiger partial charge in [-0.25, -0.2) is 13.4 Å². The second-order valence-electron chi connectivity index (χ2n) is 6.54. The van der Waals surface area contributed by atoms with Crippen LogP contribution in [0.2, 0.25) is 5.02 Å². The summed E-state index contributed by atoms with van der Waals surface area (Å²) in [4.78, 5) is 28.2. The maximum atomic E-state index is 12.4. The maximum Gasteiger partial charge on any atom is 0.263 e. The summed E-state index contributed by atoms with van der Waals surface area (Å²) in [5.41, 5.74) is 0.725. The first-order chi connectivity index (χ1) is 15.2. The molecular formula is C21H18ClN5O4S. The van der Waals surface area contributed by atoms with E-state index in [1.165, 1.54) is 43.5 Å². The molecule has 0 spiro atoms. The highest BCUT2D eigenvalue weighted by atomic mass is 35.5.